The molecular weight excluding hydrogens is 290 g/mol. The first-order chi connectivity index (χ1) is 11.0. The third-order valence-corrected chi connectivity index (χ3v) is 5.11. The summed E-state index contributed by atoms with van der Waals surface area (Å²) < 4.78 is 0. The molecule has 1 aromatic rings. The fraction of sp³-hybridized carbons (Fsp3) is 0.556. The lowest BCUT2D eigenvalue weighted by atomic mass is 9.85. The molecule has 3 atom stereocenters. The van der Waals surface area contributed by atoms with E-state index in [1.807, 2.05) is 31.2 Å². The molecule has 2 aliphatic rings. The van der Waals surface area contributed by atoms with Crippen molar-refractivity contribution in [2.75, 3.05) is 11.4 Å². The number of fused-ring (bicyclic) bond motifs is 1. The minimum absolute atomic E-state index is 0.0450. The Morgan fingerprint density at radius 1 is 1.35 bits per heavy atom. The van der Waals surface area contributed by atoms with Gasteiger partial charge in [0.15, 0.2) is 0 Å². The molecule has 1 fully saturated rings. The maximum Gasteiger partial charge on any atom is 0.239 e. The van der Waals surface area contributed by atoms with Crippen LogP contribution in [-0.2, 0) is 9.59 Å². The largest absolute Gasteiger partial charge is 0.369 e. The maximum absolute atomic E-state index is 12.4. The molecule has 5 nitrogen and oxygen atoms in total. The Balaban J connectivity index is 1.76. The van der Waals surface area contributed by atoms with E-state index in [2.05, 4.69) is 17.1 Å². The van der Waals surface area contributed by atoms with Gasteiger partial charge in [-0.15, -0.1) is 0 Å². The monoisotopic (exact) mass is 315 g/mol. The first kappa shape index (κ1) is 15.8. The Labute approximate surface area is 137 Å². The lowest BCUT2D eigenvalue weighted by Gasteiger charge is -2.39. The summed E-state index contributed by atoms with van der Waals surface area (Å²) in [6, 6.07) is 8.11. The van der Waals surface area contributed by atoms with Crippen molar-refractivity contribution in [2.24, 2.45) is 11.7 Å². The number of carbonyl (C=O) groups excluding carboxylic acids is 2. The number of anilines is 1. The average molecular weight is 315 g/mol. The molecule has 0 aromatic heterocycles. The molecule has 2 amide bonds. The molecule has 124 valence electrons. The van der Waals surface area contributed by atoms with Crippen molar-refractivity contribution in [2.45, 2.75) is 51.1 Å². The second-order valence-corrected chi connectivity index (χ2v) is 6.92. The van der Waals surface area contributed by atoms with Gasteiger partial charge in [-0.3, -0.25) is 9.59 Å². The smallest absolute Gasteiger partial charge is 0.239 e. The molecule has 1 aliphatic heterocycles. The first-order valence-corrected chi connectivity index (χ1v) is 8.41. The highest BCUT2D eigenvalue weighted by molar-refractivity contribution is 5.87. The van der Waals surface area contributed by atoms with Crippen LogP contribution in [0.3, 0.4) is 0 Å². The summed E-state index contributed by atoms with van der Waals surface area (Å²) in [5, 5.41) is 3.10. The highest BCUT2D eigenvalue weighted by Crippen LogP contribution is 2.38. The number of carbonyl (C=O) groups is 2. The van der Waals surface area contributed by atoms with Crippen LogP contribution in [0.25, 0.3) is 0 Å². The van der Waals surface area contributed by atoms with Gasteiger partial charge in [0.2, 0.25) is 11.8 Å². The van der Waals surface area contributed by atoms with Crippen molar-refractivity contribution in [1.29, 1.82) is 0 Å². The van der Waals surface area contributed by atoms with Crippen molar-refractivity contribution < 1.29 is 9.59 Å². The van der Waals surface area contributed by atoms with Crippen molar-refractivity contribution in [3.05, 3.63) is 29.8 Å². The summed E-state index contributed by atoms with van der Waals surface area (Å²) in [4.78, 5) is 26.2. The highest BCUT2D eigenvalue weighted by Gasteiger charge is 2.34. The van der Waals surface area contributed by atoms with Gasteiger partial charge in [-0.25, -0.2) is 0 Å². The number of nitrogens with zero attached hydrogens (tertiary/aromatic N) is 1. The van der Waals surface area contributed by atoms with Crippen LogP contribution < -0.4 is 16.0 Å². The van der Waals surface area contributed by atoms with E-state index in [0.29, 0.717) is 18.9 Å². The summed E-state index contributed by atoms with van der Waals surface area (Å²) in [5.41, 5.74) is 7.44. The third-order valence-electron chi connectivity index (χ3n) is 5.11. The molecule has 0 spiro atoms. The number of para-hydroxylation sites is 1. The van der Waals surface area contributed by atoms with E-state index in [-0.39, 0.29) is 29.8 Å². The van der Waals surface area contributed by atoms with Gasteiger partial charge in [-0.05, 0) is 50.7 Å². The zero-order chi connectivity index (χ0) is 16.6. The number of rotatable bonds is 5. The summed E-state index contributed by atoms with van der Waals surface area (Å²) >= 11 is 0. The fourth-order valence-electron chi connectivity index (χ4n) is 3.56. The summed E-state index contributed by atoms with van der Waals surface area (Å²) in [6.45, 7) is 4.44. The molecule has 5 heteroatoms. The second-order valence-electron chi connectivity index (χ2n) is 6.92. The predicted molar refractivity (Wildman–Crippen MR) is 90.1 cm³/mol. The number of hydrogen-bond donors (Lipinski definition) is 2. The molecule has 23 heavy (non-hydrogen) atoms. The molecule has 1 aliphatic carbocycles. The van der Waals surface area contributed by atoms with Gasteiger partial charge < -0.3 is 16.0 Å². The molecule has 3 rings (SSSR count). The summed E-state index contributed by atoms with van der Waals surface area (Å²) in [6.07, 6.45) is 3.08. The van der Waals surface area contributed by atoms with Gasteiger partial charge in [0, 0.05) is 17.8 Å². The molecule has 1 heterocycles. The second kappa shape index (κ2) is 6.22. The van der Waals surface area contributed by atoms with Gasteiger partial charge in [0.25, 0.3) is 0 Å². The summed E-state index contributed by atoms with van der Waals surface area (Å²) in [7, 11) is 0. The number of hydrogen-bond acceptors (Lipinski definition) is 3. The van der Waals surface area contributed by atoms with Crippen LogP contribution in [0.4, 0.5) is 5.69 Å². The van der Waals surface area contributed by atoms with E-state index < -0.39 is 0 Å². The lowest BCUT2D eigenvalue weighted by Crippen LogP contribution is -2.48. The predicted octanol–water partition coefficient (Wildman–Crippen LogP) is 1.77. The molecule has 1 saturated carbocycles. The lowest BCUT2D eigenvalue weighted by molar-refractivity contribution is -0.120. The van der Waals surface area contributed by atoms with Crippen LogP contribution in [-0.4, -0.2) is 30.4 Å². The molecule has 1 aromatic carbocycles. The Kier molecular flexibility index (Phi) is 4.28. The van der Waals surface area contributed by atoms with Crippen LogP contribution in [0.15, 0.2) is 24.3 Å². The average Bonchev–Trinajstić information content (AvgIpc) is 3.34. The fourth-order valence-corrected chi connectivity index (χ4v) is 3.56. The number of nitrogens with two attached hydrogens (primary N) is 1. The highest BCUT2D eigenvalue weighted by atomic mass is 16.2. The van der Waals surface area contributed by atoms with Gasteiger partial charge in [-0.1, -0.05) is 18.2 Å². The molecule has 0 radical (unpaired) electrons. The first-order valence-electron chi connectivity index (χ1n) is 8.41. The minimum Gasteiger partial charge on any atom is -0.369 e. The molecule has 3 N–H and O–H groups in total. The van der Waals surface area contributed by atoms with Crippen LogP contribution in [0.5, 0.6) is 0 Å². The van der Waals surface area contributed by atoms with Crippen LogP contribution >= 0.6 is 0 Å². The van der Waals surface area contributed by atoms with Crippen molar-refractivity contribution >= 4 is 17.5 Å². The maximum atomic E-state index is 12.4. The summed E-state index contributed by atoms with van der Waals surface area (Å²) in [5.74, 6) is 0.120. The minimum atomic E-state index is -0.296. The van der Waals surface area contributed by atoms with E-state index in [4.69, 9.17) is 5.73 Å². The van der Waals surface area contributed by atoms with E-state index >= 15 is 0 Å². The van der Waals surface area contributed by atoms with Gasteiger partial charge in [0.05, 0.1) is 12.5 Å². The van der Waals surface area contributed by atoms with Crippen LogP contribution in [0, 0.1) is 5.92 Å². The number of benzene rings is 1. The number of primary amides is 1. The molecule has 0 unspecified atom stereocenters. The Morgan fingerprint density at radius 2 is 2.04 bits per heavy atom. The normalized spacial score (nSPS) is 24.7. The van der Waals surface area contributed by atoms with E-state index in [1.165, 1.54) is 12.8 Å². The quantitative estimate of drug-likeness (QED) is 0.869. The zero-order valence-electron chi connectivity index (χ0n) is 13.8. The molecule has 0 saturated heterocycles. The number of amides is 2. The SMILES string of the molecule is C[C@H](NC(=O)CN1c2ccccc2[C@@H](C(N)=O)C[C@@H]1C)C1CC1. The van der Waals surface area contributed by atoms with Crippen LogP contribution in [0.1, 0.15) is 44.6 Å². The van der Waals surface area contributed by atoms with E-state index in [1.54, 1.807) is 0 Å². The Bertz CT molecular complexity index is 612. The topological polar surface area (TPSA) is 75.4 Å². The molecule has 0 bridgehead atoms. The Hall–Kier alpha value is -2.04. The van der Waals surface area contributed by atoms with Crippen LogP contribution in [0.2, 0.25) is 0 Å². The van der Waals surface area contributed by atoms with Gasteiger partial charge in [-0.2, -0.15) is 0 Å². The van der Waals surface area contributed by atoms with Crippen molar-refractivity contribution in [3.8, 4) is 0 Å². The van der Waals surface area contributed by atoms with E-state index in [0.717, 1.165) is 11.3 Å². The Morgan fingerprint density at radius 3 is 2.70 bits per heavy atom. The van der Waals surface area contributed by atoms with Gasteiger partial charge in [0.1, 0.15) is 0 Å². The third kappa shape index (κ3) is 3.33. The van der Waals surface area contributed by atoms with Gasteiger partial charge >= 0.3 is 0 Å². The zero-order valence-corrected chi connectivity index (χ0v) is 13.8. The van der Waals surface area contributed by atoms with Crippen molar-refractivity contribution in [1.82, 2.24) is 5.32 Å². The molecular formula is C18H25N3O2. The van der Waals surface area contributed by atoms with Crippen molar-refractivity contribution in [3.63, 3.8) is 0 Å². The van der Waals surface area contributed by atoms with E-state index in [9.17, 15) is 9.59 Å². The standard InChI is InChI=1S/C18H25N3O2/c1-11-9-15(18(19)23)14-5-3-4-6-16(14)21(11)10-17(22)20-12(2)13-7-8-13/h3-6,11-13,15H,7-10H2,1-2H3,(H2,19,23)(H,20,22)/t11-,12-,15-/m0/s1. The number of nitrogens with one attached hydrogen (secondary N) is 1.